The number of nitrogens with zero attached hydrogens (tertiary/aromatic N) is 3. The zero-order valence-corrected chi connectivity index (χ0v) is 16.6. The van der Waals surface area contributed by atoms with Gasteiger partial charge in [-0.3, -0.25) is 9.69 Å². The van der Waals surface area contributed by atoms with Crippen LogP contribution in [0.4, 0.5) is 15.9 Å². The van der Waals surface area contributed by atoms with E-state index in [0.717, 1.165) is 32.0 Å². The number of rotatable bonds is 8. The van der Waals surface area contributed by atoms with Gasteiger partial charge in [-0.2, -0.15) is 0 Å². The Labute approximate surface area is 170 Å². The van der Waals surface area contributed by atoms with Gasteiger partial charge in [0.05, 0.1) is 30.2 Å². The number of pyridine rings is 1. The fourth-order valence-corrected chi connectivity index (χ4v) is 3.26. The molecule has 3 rings (SSSR count). The van der Waals surface area contributed by atoms with E-state index in [4.69, 9.17) is 4.74 Å². The second-order valence-corrected chi connectivity index (χ2v) is 6.94. The number of ether oxygens (including phenoxy) is 1. The third-order valence-electron chi connectivity index (χ3n) is 4.80. The first-order chi connectivity index (χ1) is 14.1. The molecule has 8 heteroatoms. The maximum Gasteiger partial charge on any atom is 0.258 e. The van der Waals surface area contributed by atoms with E-state index in [-0.39, 0.29) is 5.56 Å². The maximum atomic E-state index is 13.7. The van der Waals surface area contributed by atoms with Gasteiger partial charge in [-0.15, -0.1) is 0 Å². The summed E-state index contributed by atoms with van der Waals surface area (Å²) in [5.74, 6) is -0.237. The summed E-state index contributed by atoms with van der Waals surface area (Å²) in [6.07, 6.45) is 1.10. The van der Waals surface area contributed by atoms with Gasteiger partial charge in [0.1, 0.15) is 11.6 Å². The van der Waals surface area contributed by atoms with E-state index in [1.54, 1.807) is 24.4 Å². The molecular weight excluding hydrogens is 375 g/mol. The maximum absolute atomic E-state index is 13.7. The summed E-state index contributed by atoms with van der Waals surface area (Å²) in [5.41, 5.74) is 0.513. The van der Waals surface area contributed by atoms with Gasteiger partial charge in [-0.1, -0.05) is 12.1 Å². The van der Waals surface area contributed by atoms with E-state index in [9.17, 15) is 14.3 Å². The van der Waals surface area contributed by atoms with Crippen molar-refractivity contribution in [1.29, 1.82) is 0 Å². The lowest BCUT2D eigenvalue weighted by atomic mass is 10.2. The van der Waals surface area contributed by atoms with Crippen molar-refractivity contribution in [3.05, 3.63) is 54.0 Å². The summed E-state index contributed by atoms with van der Waals surface area (Å²) in [5, 5.41) is 12.6. The number of aliphatic hydroxyl groups excluding tert-OH is 1. The number of carbonyl (C=O) groups excluding carboxylic acids is 1. The third-order valence-corrected chi connectivity index (χ3v) is 4.80. The highest BCUT2D eigenvalue weighted by Crippen LogP contribution is 2.17. The minimum Gasteiger partial charge on any atom is -0.389 e. The predicted molar refractivity (Wildman–Crippen MR) is 110 cm³/mol. The molecule has 1 aliphatic rings. The van der Waals surface area contributed by atoms with Crippen LogP contribution >= 0.6 is 0 Å². The van der Waals surface area contributed by atoms with E-state index < -0.39 is 17.8 Å². The summed E-state index contributed by atoms with van der Waals surface area (Å²) in [6, 6.07) is 9.47. The summed E-state index contributed by atoms with van der Waals surface area (Å²) in [4.78, 5) is 21.0. The molecule has 1 fully saturated rings. The van der Waals surface area contributed by atoms with Gasteiger partial charge in [-0.25, -0.2) is 9.37 Å². The predicted octanol–water partition coefficient (Wildman–Crippen LogP) is 1.99. The van der Waals surface area contributed by atoms with Crippen LogP contribution in [-0.4, -0.2) is 72.9 Å². The molecule has 1 aromatic heterocycles. The topological polar surface area (TPSA) is 77.9 Å². The van der Waals surface area contributed by atoms with Crippen LogP contribution < -0.4 is 10.2 Å². The van der Waals surface area contributed by atoms with E-state index in [0.29, 0.717) is 25.4 Å². The standard InChI is InChI=1S/C21H27FN4O3/c1-2-29-15-17(27)14-25-9-11-26(12-10-25)20-8-7-16(13-23-20)24-21(28)18-5-3-4-6-19(18)22/h3-8,13,17,27H,2,9-12,14-15H2,1H3,(H,24,28). The number of piperazine rings is 1. The molecule has 1 unspecified atom stereocenters. The zero-order chi connectivity index (χ0) is 20.6. The number of aromatic nitrogens is 1. The molecule has 0 radical (unpaired) electrons. The van der Waals surface area contributed by atoms with Crippen molar-refractivity contribution in [3.63, 3.8) is 0 Å². The minimum atomic E-state index is -0.557. The van der Waals surface area contributed by atoms with Gasteiger partial charge in [-0.05, 0) is 31.2 Å². The van der Waals surface area contributed by atoms with Gasteiger partial charge in [0, 0.05) is 39.3 Å². The number of hydrogen-bond donors (Lipinski definition) is 2. The Balaban J connectivity index is 1.50. The normalized spacial score (nSPS) is 15.9. The molecule has 156 valence electrons. The van der Waals surface area contributed by atoms with E-state index >= 15 is 0 Å². The first-order valence-electron chi connectivity index (χ1n) is 9.82. The molecule has 0 saturated carbocycles. The average molecular weight is 402 g/mol. The van der Waals surface area contributed by atoms with E-state index in [1.807, 2.05) is 13.0 Å². The molecule has 1 aromatic carbocycles. The molecule has 1 amide bonds. The molecule has 2 heterocycles. The number of β-amino-alcohol motifs (C(OH)–C–C–N with tert-alkyl or cyclic N) is 1. The van der Waals surface area contributed by atoms with E-state index in [1.165, 1.54) is 12.1 Å². The highest BCUT2D eigenvalue weighted by atomic mass is 19.1. The van der Waals surface area contributed by atoms with Crippen LogP contribution in [0.5, 0.6) is 0 Å². The molecular formula is C21H27FN4O3. The number of anilines is 2. The average Bonchev–Trinajstić information content (AvgIpc) is 2.73. The lowest BCUT2D eigenvalue weighted by Gasteiger charge is -2.36. The van der Waals surface area contributed by atoms with Crippen LogP contribution in [0.3, 0.4) is 0 Å². The quantitative estimate of drug-likeness (QED) is 0.703. The number of halogens is 1. The lowest BCUT2D eigenvalue weighted by molar-refractivity contribution is 0.0202. The Hall–Kier alpha value is -2.55. The van der Waals surface area contributed by atoms with Crippen molar-refractivity contribution < 1.29 is 19.0 Å². The van der Waals surface area contributed by atoms with Gasteiger partial charge in [0.15, 0.2) is 0 Å². The van der Waals surface area contributed by atoms with Crippen molar-refractivity contribution in [3.8, 4) is 0 Å². The SMILES string of the molecule is CCOCC(O)CN1CCN(c2ccc(NC(=O)c3ccccc3F)cn2)CC1. The summed E-state index contributed by atoms with van der Waals surface area (Å²) in [7, 11) is 0. The van der Waals surface area contributed by atoms with Crippen LogP contribution in [0.25, 0.3) is 0 Å². The van der Waals surface area contributed by atoms with Gasteiger partial charge in [0.2, 0.25) is 0 Å². The molecule has 2 N–H and O–H groups in total. The molecule has 1 saturated heterocycles. The van der Waals surface area contributed by atoms with Crippen LogP contribution in [-0.2, 0) is 4.74 Å². The lowest BCUT2D eigenvalue weighted by Crippen LogP contribution is -2.49. The molecule has 0 aliphatic carbocycles. The summed E-state index contributed by atoms with van der Waals surface area (Å²) in [6.45, 7) is 6.74. The molecule has 0 spiro atoms. The fraction of sp³-hybridized carbons (Fsp3) is 0.429. The number of aliphatic hydroxyl groups is 1. The van der Waals surface area contributed by atoms with Gasteiger partial charge < -0.3 is 20.1 Å². The minimum absolute atomic E-state index is 0.000720. The van der Waals surface area contributed by atoms with Crippen molar-refractivity contribution in [2.75, 3.05) is 56.2 Å². The van der Waals surface area contributed by atoms with Crippen LogP contribution in [0.1, 0.15) is 17.3 Å². The zero-order valence-electron chi connectivity index (χ0n) is 16.6. The Kier molecular flexibility index (Phi) is 7.51. The highest BCUT2D eigenvalue weighted by molar-refractivity contribution is 6.04. The van der Waals surface area contributed by atoms with Crippen molar-refractivity contribution >= 4 is 17.4 Å². The Morgan fingerprint density at radius 3 is 2.66 bits per heavy atom. The van der Waals surface area contributed by atoms with Crippen molar-refractivity contribution in [2.45, 2.75) is 13.0 Å². The first-order valence-corrected chi connectivity index (χ1v) is 9.82. The first kappa shape index (κ1) is 21.2. The van der Waals surface area contributed by atoms with Crippen molar-refractivity contribution in [2.24, 2.45) is 0 Å². The number of amides is 1. The monoisotopic (exact) mass is 402 g/mol. The van der Waals surface area contributed by atoms with Gasteiger partial charge in [0.25, 0.3) is 5.91 Å². The smallest absolute Gasteiger partial charge is 0.258 e. The Morgan fingerprint density at radius 1 is 1.24 bits per heavy atom. The summed E-state index contributed by atoms with van der Waals surface area (Å²) < 4.78 is 19.0. The molecule has 7 nitrogen and oxygen atoms in total. The second-order valence-electron chi connectivity index (χ2n) is 6.94. The Morgan fingerprint density at radius 2 is 2.00 bits per heavy atom. The van der Waals surface area contributed by atoms with Crippen molar-refractivity contribution in [1.82, 2.24) is 9.88 Å². The molecule has 0 bridgehead atoms. The second kappa shape index (κ2) is 10.3. The van der Waals surface area contributed by atoms with E-state index in [2.05, 4.69) is 20.1 Å². The van der Waals surface area contributed by atoms with Gasteiger partial charge >= 0.3 is 0 Å². The number of nitrogens with one attached hydrogen (secondary N) is 1. The molecule has 29 heavy (non-hydrogen) atoms. The molecule has 1 aliphatic heterocycles. The van der Waals surface area contributed by atoms with Crippen LogP contribution in [0, 0.1) is 5.82 Å². The highest BCUT2D eigenvalue weighted by Gasteiger charge is 2.20. The number of carbonyl (C=O) groups is 1. The summed E-state index contributed by atoms with van der Waals surface area (Å²) >= 11 is 0. The molecule has 2 aromatic rings. The molecule has 1 atom stereocenters. The largest absolute Gasteiger partial charge is 0.389 e. The Bertz CT molecular complexity index is 795. The number of hydrogen-bond acceptors (Lipinski definition) is 6. The van der Waals surface area contributed by atoms with Crippen LogP contribution in [0.15, 0.2) is 42.6 Å². The third kappa shape index (κ3) is 5.96. The van der Waals surface area contributed by atoms with Crippen LogP contribution in [0.2, 0.25) is 0 Å². The number of benzene rings is 1. The fourth-order valence-electron chi connectivity index (χ4n) is 3.26.